The third-order valence-electron chi connectivity index (χ3n) is 2.88. The van der Waals surface area contributed by atoms with Crippen molar-refractivity contribution in [2.24, 2.45) is 0 Å². The second-order valence-electron chi connectivity index (χ2n) is 3.97. The van der Waals surface area contributed by atoms with Gasteiger partial charge in [-0.25, -0.2) is 4.39 Å². The van der Waals surface area contributed by atoms with Crippen molar-refractivity contribution < 1.29 is 9.13 Å². The van der Waals surface area contributed by atoms with E-state index in [0.717, 1.165) is 5.69 Å². The van der Waals surface area contributed by atoms with E-state index in [9.17, 15) is 4.39 Å². The average Bonchev–Trinajstić information content (AvgIpc) is 2.71. The second kappa shape index (κ2) is 4.51. The zero-order valence-corrected chi connectivity index (χ0v) is 8.92. The molecule has 2 rings (SSSR count). The summed E-state index contributed by atoms with van der Waals surface area (Å²) in [6.07, 6.45) is 4.85. The lowest BCUT2D eigenvalue weighted by Gasteiger charge is -2.16. The number of nitrogens with one attached hydrogen (secondary N) is 1. The lowest BCUT2D eigenvalue weighted by molar-refractivity contribution is 0.415. The minimum Gasteiger partial charge on any atom is -0.495 e. The van der Waals surface area contributed by atoms with Gasteiger partial charge in [-0.15, -0.1) is 0 Å². The standard InChI is InChI=1S/C12H16FNO/c1-15-12-7-6-9(13)8-11(12)14-10-4-2-3-5-10/h6-8,10,14H,2-5H2,1H3. The van der Waals surface area contributed by atoms with Crippen molar-refractivity contribution >= 4 is 5.69 Å². The van der Waals surface area contributed by atoms with E-state index >= 15 is 0 Å². The first-order valence-electron chi connectivity index (χ1n) is 5.39. The van der Waals surface area contributed by atoms with Gasteiger partial charge in [0.15, 0.2) is 0 Å². The van der Waals surface area contributed by atoms with Crippen LogP contribution in [0, 0.1) is 5.82 Å². The molecular weight excluding hydrogens is 193 g/mol. The molecule has 0 amide bonds. The van der Waals surface area contributed by atoms with Crippen LogP contribution in [0.5, 0.6) is 5.75 Å². The van der Waals surface area contributed by atoms with Gasteiger partial charge in [-0.1, -0.05) is 12.8 Å². The third-order valence-corrected chi connectivity index (χ3v) is 2.88. The molecule has 82 valence electrons. The van der Waals surface area contributed by atoms with Crippen LogP contribution in [-0.2, 0) is 0 Å². The van der Waals surface area contributed by atoms with E-state index in [2.05, 4.69) is 5.32 Å². The van der Waals surface area contributed by atoms with Crippen LogP contribution in [0.25, 0.3) is 0 Å². The van der Waals surface area contributed by atoms with E-state index in [4.69, 9.17) is 4.74 Å². The van der Waals surface area contributed by atoms with Crippen molar-refractivity contribution in [2.45, 2.75) is 31.7 Å². The van der Waals surface area contributed by atoms with Crippen LogP contribution in [0.4, 0.5) is 10.1 Å². The Bertz CT molecular complexity index is 334. The van der Waals surface area contributed by atoms with E-state index in [1.54, 1.807) is 13.2 Å². The molecule has 1 aromatic carbocycles. The molecule has 0 saturated heterocycles. The van der Waals surface area contributed by atoms with Crippen molar-refractivity contribution in [1.29, 1.82) is 0 Å². The first kappa shape index (κ1) is 10.3. The fourth-order valence-corrected chi connectivity index (χ4v) is 2.08. The van der Waals surface area contributed by atoms with Crippen LogP contribution < -0.4 is 10.1 Å². The molecule has 0 atom stereocenters. The molecule has 1 aliphatic carbocycles. The summed E-state index contributed by atoms with van der Waals surface area (Å²) in [6, 6.07) is 5.04. The molecule has 0 bridgehead atoms. The van der Waals surface area contributed by atoms with Gasteiger partial charge in [0, 0.05) is 12.1 Å². The third kappa shape index (κ3) is 2.41. The maximum atomic E-state index is 13.1. The van der Waals surface area contributed by atoms with E-state index in [1.165, 1.54) is 37.8 Å². The summed E-state index contributed by atoms with van der Waals surface area (Å²) in [4.78, 5) is 0. The van der Waals surface area contributed by atoms with Gasteiger partial charge in [0.2, 0.25) is 0 Å². The van der Waals surface area contributed by atoms with Crippen LogP contribution in [0.2, 0.25) is 0 Å². The number of benzene rings is 1. The van der Waals surface area contributed by atoms with E-state index in [1.807, 2.05) is 0 Å². The minimum absolute atomic E-state index is 0.226. The van der Waals surface area contributed by atoms with Gasteiger partial charge in [0.05, 0.1) is 12.8 Å². The van der Waals surface area contributed by atoms with Gasteiger partial charge in [-0.05, 0) is 25.0 Å². The predicted molar refractivity (Wildman–Crippen MR) is 58.8 cm³/mol. The Morgan fingerprint density at radius 1 is 1.33 bits per heavy atom. The first-order chi connectivity index (χ1) is 7.29. The molecule has 1 N–H and O–H groups in total. The summed E-state index contributed by atoms with van der Waals surface area (Å²) in [5.41, 5.74) is 0.768. The maximum Gasteiger partial charge on any atom is 0.142 e. The smallest absolute Gasteiger partial charge is 0.142 e. The summed E-state index contributed by atoms with van der Waals surface area (Å²) in [5, 5.41) is 3.34. The zero-order valence-electron chi connectivity index (χ0n) is 8.92. The number of hydrogen-bond acceptors (Lipinski definition) is 2. The Hall–Kier alpha value is -1.25. The molecule has 3 heteroatoms. The molecule has 0 aliphatic heterocycles. The topological polar surface area (TPSA) is 21.3 Å². The lowest BCUT2D eigenvalue weighted by Crippen LogP contribution is -2.15. The molecule has 1 aliphatic rings. The maximum absolute atomic E-state index is 13.1. The highest BCUT2D eigenvalue weighted by molar-refractivity contribution is 5.57. The van der Waals surface area contributed by atoms with Crippen LogP contribution in [-0.4, -0.2) is 13.2 Å². The van der Waals surface area contributed by atoms with Crippen LogP contribution >= 0.6 is 0 Å². The fourth-order valence-electron chi connectivity index (χ4n) is 2.08. The SMILES string of the molecule is COc1ccc(F)cc1NC1CCCC1. The number of ether oxygens (including phenoxy) is 1. The molecule has 0 spiro atoms. The number of anilines is 1. The lowest BCUT2D eigenvalue weighted by atomic mass is 10.2. The van der Waals surface area contributed by atoms with Crippen molar-refractivity contribution in [3.8, 4) is 5.75 Å². The highest BCUT2D eigenvalue weighted by Crippen LogP contribution is 2.29. The molecule has 1 aromatic rings. The minimum atomic E-state index is -0.226. The van der Waals surface area contributed by atoms with Crippen molar-refractivity contribution in [1.82, 2.24) is 0 Å². The number of rotatable bonds is 3. The van der Waals surface area contributed by atoms with Crippen LogP contribution in [0.3, 0.4) is 0 Å². The first-order valence-corrected chi connectivity index (χ1v) is 5.39. The largest absolute Gasteiger partial charge is 0.495 e. The fraction of sp³-hybridized carbons (Fsp3) is 0.500. The molecule has 2 nitrogen and oxygen atoms in total. The second-order valence-corrected chi connectivity index (χ2v) is 3.97. The molecule has 0 unspecified atom stereocenters. The Balaban J connectivity index is 2.14. The zero-order chi connectivity index (χ0) is 10.7. The summed E-state index contributed by atoms with van der Waals surface area (Å²) < 4.78 is 18.2. The van der Waals surface area contributed by atoms with Gasteiger partial charge >= 0.3 is 0 Å². The van der Waals surface area contributed by atoms with Gasteiger partial charge < -0.3 is 10.1 Å². The highest BCUT2D eigenvalue weighted by atomic mass is 19.1. The van der Waals surface area contributed by atoms with Crippen LogP contribution in [0.1, 0.15) is 25.7 Å². The molecule has 0 heterocycles. The normalized spacial score (nSPS) is 16.7. The highest BCUT2D eigenvalue weighted by Gasteiger charge is 2.16. The molecule has 15 heavy (non-hydrogen) atoms. The van der Waals surface area contributed by atoms with Crippen molar-refractivity contribution in [3.63, 3.8) is 0 Å². The number of halogens is 1. The summed E-state index contributed by atoms with van der Waals surface area (Å²) in [5.74, 6) is 0.486. The molecule has 0 aromatic heterocycles. The number of methoxy groups -OCH3 is 1. The van der Waals surface area contributed by atoms with Gasteiger partial charge in [0.25, 0.3) is 0 Å². The molecule has 0 radical (unpaired) electrons. The Kier molecular flexibility index (Phi) is 3.09. The van der Waals surface area contributed by atoms with Gasteiger partial charge in [0.1, 0.15) is 11.6 Å². The molecule has 1 saturated carbocycles. The Labute approximate surface area is 89.4 Å². The van der Waals surface area contributed by atoms with E-state index < -0.39 is 0 Å². The molecule has 1 fully saturated rings. The van der Waals surface area contributed by atoms with E-state index in [-0.39, 0.29) is 5.82 Å². The van der Waals surface area contributed by atoms with Gasteiger partial charge in [-0.3, -0.25) is 0 Å². The van der Waals surface area contributed by atoms with E-state index in [0.29, 0.717) is 11.8 Å². The number of hydrogen-bond donors (Lipinski definition) is 1. The van der Waals surface area contributed by atoms with Gasteiger partial charge in [-0.2, -0.15) is 0 Å². The molecular formula is C12H16FNO. The quantitative estimate of drug-likeness (QED) is 0.825. The van der Waals surface area contributed by atoms with Crippen LogP contribution in [0.15, 0.2) is 18.2 Å². The summed E-state index contributed by atoms with van der Waals surface area (Å²) >= 11 is 0. The predicted octanol–water partition coefficient (Wildman–Crippen LogP) is 3.19. The Morgan fingerprint density at radius 3 is 2.73 bits per heavy atom. The monoisotopic (exact) mass is 209 g/mol. The van der Waals surface area contributed by atoms with Crippen molar-refractivity contribution in [2.75, 3.05) is 12.4 Å². The Morgan fingerprint density at radius 2 is 2.07 bits per heavy atom. The summed E-state index contributed by atoms with van der Waals surface area (Å²) in [7, 11) is 1.60. The van der Waals surface area contributed by atoms with Crippen molar-refractivity contribution in [3.05, 3.63) is 24.0 Å². The average molecular weight is 209 g/mol. The summed E-state index contributed by atoms with van der Waals surface area (Å²) in [6.45, 7) is 0.